The molecule has 0 amide bonds. The van der Waals surface area contributed by atoms with Gasteiger partial charge in [-0.1, -0.05) is 12.0 Å². The van der Waals surface area contributed by atoms with Crippen LogP contribution < -0.4 is 10.3 Å². The Morgan fingerprint density at radius 1 is 1.40 bits per heavy atom. The van der Waals surface area contributed by atoms with Crippen LogP contribution >= 0.6 is 22.6 Å². The molecule has 0 unspecified atom stereocenters. The van der Waals surface area contributed by atoms with Gasteiger partial charge in [0.1, 0.15) is 18.2 Å². The second-order valence-electron chi connectivity index (χ2n) is 4.04. The average Bonchev–Trinajstić information content (AvgIpc) is 2.44. The molecule has 0 aliphatic carbocycles. The highest BCUT2D eigenvalue weighted by atomic mass is 127. The normalized spacial score (nSPS) is 10.1. The molecule has 0 radical (unpaired) electrons. The molecule has 0 spiro atoms. The van der Waals surface area contributed by atoms with E-state index in [0.717, 1.165) is 0 Å². The van der Waals surface area contributed by atoms with Crippen LogP contribution in [-0.2, 0) is 7.05 Å². The summed E-state index contributed by atoms with van der Waals surface area (Å²) in [5.41, 5.74) is 0.494. The summed E-state index contributed by atoms with van der Waals surface area (Å²) in [4.78, 5) is 12.0. The Morgan fingerprint density at radius 3 is 2.85 bits per heavy atom. The fourth-order valence-corrected chi connectivity index (χ4v) is 2.39. The third kappa shape index (κ3) is 2.70. The molecule has 20 heavy (non-hydrogen) atoms. The highest BCUT2D eigenvalue weighted by Crippen LogP contribution is 2.31. The molecule has 0 aliphatic rings. The van der Waals surface area contributed by atoms with Crippen LogP contribution in [0.4, 0.5) is 4.39 Å². The Bertz CT molecular complexity index is 747. The van der Waals surface area contributed by atoms with Crippen LogP contribution in [0.25, 0.3) is 11.3 Å². The average molecular weight is 383 g/mol. The molecule has 0 saturated heterocycles. The predicted molar refractivity (Wildman–Crippen MR) is 84.1 cm³/mol. The molecular weight excluding hydrogens is 372 g/mol. The van der Waals surface area contributed by atoms with E-state index in [0.29, 0.717) is 15.0 Å². The maximum absolute atomic E-state index is 14.1. The summed E-state index contributed by atoms with van der Waals surface area (Å²) in [6.45, 7) is 0.0365. The summed E-state index contributed by atoms with van der Waals surface area (Å²) in [6, 6.07) is 7.81. The second kappa shape index (κ2) is 6.09. The van der Waals surface area contributed by atoms with Crippen molar-refractivity contribution in [1.82, 2.24) is 4.57 Å². The molecule has 0 N–H and O–H groups in total. The maximum Gasteiger partial charge on any atom is 0.264 e. The number of aromatic nitrogens is 1. The smallest absolute Gasteiger partial charge is 0.264 e. The van der Waals surface area contributed by atoms with Gasteiger partial charge < -0.3 is 9.30 Å². The summed E-state index contributed by atoms with van der Waals surface area (Å²) in [5.74, 6) is 2.19. The lowest BCUT2D eigenvalue weighted by molar-refractivity contribution is 0.369. The van der Waals surface area contributed by atoms with Gasteiger partial charge in [-0.05, 0) is 46.9 Å². The monoisotopic (exact) mass is 383 g/mol. The minimum Gasteiger partial charge on any atom is -0.480 e. The van der Waals surface area contributed by atoms with Crippen LogP contribution in [0.15, 0.2) is 35.1 Å². The van der Waals surface area contributed by atoms with Crippen molar-refractivity contribution in [3.63, 3.8) is 0 Å². The molecule has 5 heteroatoms. The first-order chi connectivity index (χ1) is 9.56. The first-order valence-electron chi connectivity index (χ1n) is 5.77. The molecule has 3 nitrogen and oxygen atoms in total. The van der Waals surface area contributed by atoms with E-state index in [1.807, 2.05) is 22.6 Å². The molecule has 2 rings (SSSR count). The summed E-state index contributed by atoms with van der Waals surface area (Å²) in [7, 11) is 1.59. The number of nitrogens with zero attached hydrogens (tertiary/aromatic N) is 1. The van der Waals surface area contributed by atoms with Gasteiger partial charge in [0.25, 0.3) is 5.56 Å². The molecule has 2 aromatic rings. The van der Waals surface area contributed by atoms with Gasteiger partial charge in [0.2, 0.25) is 0 Å². The number of rotatable bonds is 3. The van der Waals surface area contributed by atoms with Gasteiger partial charge in [-0.2, -0.15) is 0 Å². The molecule has 0 saturated carbocycles. The van der Waals surface area contributed by atoms with Crippen LogP contribution in [0.2, 0.25) is 0 Å². The third-order valence-electron chi connectivity index (χ3n) is 2.80. The fourth-order valence-electron chi connectivity index (χ4n) is 1.85. The third-order valence-corrected chi connectivity index (χ3v) is 3.62. The summed E-state index contributed by atoms with van der Waals surface area (Å²) < 4.78 is 21.4. The van der Waals surface area contributed by atoms with Crippen LogP contribution in [0, 0.1) is 21.7 Å². The van der Waals surface area contributed by atoms with E-state index in [2.05, 4.69) is 5.92 Å². The number of hydrogen-bond acceptors (Lipinski definition) is 2. The van der Waals surface area contributed by atoms with Gasteiger partial charge in [-0.15, -0.1) is 6.42 Å². The Labute approximate surface area is 129 Å². The van der Waals surface area contributed by atoms with Crippen molar-refractivity contribution in [3.05, 3.63) is 50.1 Å². The first kappa shape index (κ1) is 14.6. The molecule has 1 heterocycles. The van der Waals surface area contributed by atoms with Gasteiger partial charge in [0.05, 0.1) is 14.8 Å². The lowest BCUT2D eigenvalue weighted by Gasteiger charge is -2.14. The maximum atomic E-state index is 14.1. The quantitative estimate of drug-likeness (QED) is 0.603. The lowest BCUT2D eigenvalue weighted by atomic mass is 10.1. The van der Waals surface area contributed by atoms with Gasteiger partial charge in [-0.25, -0.2) is 4.39 Å². The molecule has 0 aliphatic heterocycles. The Hall–Kier alpha value is -1.81. The molecule has 0 bridgehead atoms. The lowest BCUT2D eigenvalue weighted by Crippen LogP contribution is -2.21. The first-order valence-corrected chi connectivity index (χ1v) is 6.84. The van der Waals surface area contributed by atoms with Crippen molar-refractivity contribution < 1.29 is 9.13 Å². The fraction of sp³-hybridized carbons (Fsp3) is 0.133. The van der Waals surface area contributed by atoms with Crippen LogP contribution in [0.5, 0.6) is 5.75 Å². The number of terminal acetylenes is 1. The van der Waals surface area contributed by atoms with E-state index in [1.54, 1.807) is 25.2 Å². The highest BCUT2D eigenvalue weighted by molar-refractivity contribution is 14.1. The van der Waals surface area contributed by atoms with E-state index >= 15 is 0 Å². The van der Waals surface area contributed by atoms with E-state index < -0.39 is 5.82 Å². The van der Waals surface area contributed by atoms with Crippen molar-refractivity contribution in [1.29, 1.82) is 0 Å². The van der Waals surface area contributed by atoms with Crippen molar-refractivity contribution in [2.75, 3.05) is 6.61 Å². The number of ether oxygens (including phenoxy) is 1. The summed E-state index contributed by atoms with van der Waals surface area (Å²) >= 11 is 1.94. The molecule has 1 aromatic heterocycles. The molecular formula is C15H11FINO2. The number of halogens is 2. The van der Waals surface area contributed by atoms with Gasteiger partial charge in [0, 0.05) is 7.05 Å². The standard InChI is InChI=1S/C15H11FINO2/c1-3-9-20-13-6-4-5-10(16)14(13)12-8-7-11(17)15(19)18(12)2/h1,4-8H,9H2,2H3. The van der Waals surface area contributed by atoms with Crippen LogP contribution in [-0.4, -0.2) is 11.2 Å². The predicted octanol–water partition coefficient (Wildman–Crippen LogP) is 2.81. The summed E-state index contributed by atoms with van der Waals surface area (Å²) in [6.07, 6.45) is 5.15. The highest BCUT2D eigenvalue weighted by Gasteiger charge is 2.15. The number of hydrogen-bond donors (Lipinski definition) is 0. The van der Waals surface area contributed by atoms with Crippen LogP contribution in [0.1, 0.15) is 0 Å². The van der Waals surface area contributed by atoms with E-state index in [4.69, 9.17) is 11.2 Å². The van der Waals surface area contributed by atoms with Crippen molar-refractivity contribution in [2.24, 2.45) is 7.05 Å². The molecule has 0 atom stereocenters. The summed E-state index contributed by atoms with van der Waals surface area (Å²) in [5, 5.41) is 0. The second-order valence-corrected chi connectivity index (χ2v) is 5.20. The Balaban J connectivity index is 2.67. The molecule has 0 fully saturated rings. The number of benzene rings is 1. The van der Waals surface area contributed by atoms with Crippen LogP contribution in [0.3, 0.4) is 0 Å². The zero-order valence-corrected chi connectivity index (χ0v) is 12.8. The number of pyridine rings is 1. The molecule has 1 aromatic carbocycles. The minimum atomic E-state index is -0.462. The van der Waals surface area contributed by atoms with Gasteiger partial charge in [0.15, 0.2) is 0 Å². The Morgan fingerprint density at radius 2 is 2.15 bits per heavy atom. The zero-order chi connectivity index (χ0) is 14.7. The van der Waals surface area contributed by atoms with Gasteiger partial charge in [-0.3, -0.25) is 4.79 Å². The largest absolute Gasteiger partial charge is 0.480 e. The van der Waals surface area contributed by atoms with E-state index in [-0.39, 0.29) is 17.7 Å². The van der Waals surface area contributed by atoms with Crippen molar-refractivity contribution in [2.45, 2.75) is 0 Å². The topological polar surface area (TPSA) is 31.2 Å². The van der Waals surface area contributed by atoms with Crippen molar-refractivity contribution >= 4 is 22.6 Å². The SMILES string of the molecule is C#CCOc1cccc(F)c1-c1ccc(I)c(=O)n1C. The molecule has 102 valence electrons. The van der Waals surface area contributed by atoms with E-state index in [9.17, 15) is 9.18 Å². The van der Waals surface area contributed by atoms with Crippen molar-refractivity contribution in [3.8, 4) is 29.4 Å². The minimum absolute atomic E-state index is 0.0365. The zero-order valence-electron chi connectivity index (χ0n) is 10.7. The van der Waals surface area contributed by atoms with Gasteiger partial charge >= 0.3 is 0 Å². The van der Waals surface area contributed by atoms with E-state index in [1.165, 1.54) is 16.7 Å². The Kier molecular flexibility index (Phi) is 4.45.